The SMILES string of the molecule is CC(C)CNNC(=O)[C@@](CC(C)C)([C@H](CSc1ccccc1)C(=O)NOC1CCCCO1)S(C)(=O)=O. The molecule has 9 nitrogen and oxygen atoms in total. The Kier molecular flexibility index (Phi) is 12.2. The number of hydrogen-bond donors (Lipinski definition) is 3. The number of hydrazine groups is 1. The average Bonchev–Trinajstić information content (AvgIpc) is 2.82. The zero-order valence-electron chi connectivity index (χ0n) is 21.9. The Balaban J connectivity index is 2.43. The largest absolute Gasteiger partial charge is 0.350 e. The second-order valence-electron chi connectivity index (χ2n) is 10.0. The zero-order valence-corrected chi connectivity index (χ0v) is 23.5. The fraction of sp³-hybridized carbons (Fsp3) is 0.680. The maximum atomic E-state index is 13.7. The summed E-state index contributed by atoms with van der Waals surface area (Å²) in [6, 6.07) is 9.35. The van der Waals surface area contributed by atoms with Crippen molar-refractivity contribution in [2.45, 2.75) is 69.3 Å². The van der Waals surface area contributed by atoms with E-state index in [2.05, 4.69) is 16.3 Å². The number of amides is 2. The van der Waals surface area contributed by atoms with Crippen LogP contribution in [0.15, 0.2) is 35.2 Å². The number of carbonyl (C=O) groups excluding carboxylic acids is 2. The van der Waals surface area contributed by atoms with Crippen LogP contribution in [0.2, 0.25) is 0 Å². The lowest BCUT2D eigenvalue weighted by Gasteiger charge is -2.38. The van der Waals surface area contributed by atoms with Crippen molar-refractivity contribution in [2.75, 3.05) is 25.2 Å². The molecule has 1 aromatic rings. The van der Waals surface area contributed by atoms with E-state index in [0.29, 0.717) is 19.6 Å². The second kappa shape index (κ2) is 14.3. The van der Waals surface area contributed by atoms with Gasteiger partial charge in [-0.2, -0.15) is 0 Å². The highest BCUT2D eigenvalue weighted by Gasteiger charge is 2.57. The molecule has 1 unspecified atom stereocenters. The highest BCUT2D eigenvalue weighted by atomic mass is 32.2. The van der Waals surface area contributed by atoms with Gasteiger partial charge in [0.2, 0.25) is 5.91 Å². The molecule has 3 atom stereocenters. The van der Waals surface area contributed by atoms with E-state index in [4.69, 9.17) is 9.57 Å². The predicted molar refractivity (Wildman–Crippen MR) is 141 cm³/mol. The summed E-state index contributed by atoms with van der Waals surface area (Å²) in [4.78, 5) is 33.7. The maximum Gasteiger partial charge on any atom is 0.256 e. The van der Waals surface area contributed by atoms with Gasteiger partial charge in [0.1, 0.15) is 0 Å². The normalized spacial score (nSPS) is 19.0. The van der Waals surface area contributed by atoms with Crippen molar-refractivity contribution in [3.63, 3.8) is 0 Å². The van der Waals surface area contributed by atoms with Crippen LogP contribution < -0.4 is 16.3 Å². The van der Waals surface area contributed by atoms with Gasteiger partial charge in [-0.3, -0.25) is 15.0 Å². The Morgan fingerprint density at radius 1 is 1.14 bits per heavy atom. The lowest BCUT2D eigenvalue weighted by atomic mass is 9.84. The molecule has 1 aliphatic heterocycles. The lowest BCUT2D eigenvalue weighted by molar-refractivity contribution is -0.202. The van der Waals surface area contributed by atoms with Crippen LogP contribution in [-0.2, 0) is 29.0 Å². The van der Waals surface area contributed by atoms with Gasteiger partial charge >= 0.3 is 0 Å². The summed E-state index contributed by atoms with van der Waals surface area (Å²) in [5.41, 5.74) is 7.84. The number of hydrogen-bond acceptors (Lipinski definition) is 8. The number of nitrogens with one attached hydrogen (secondary N) is 3. The first-order valence-corrected chi connectivity index (χ1v) is 15.3. The predicted octanol–water partition coefficient (Wildman–Crippen LogP) is 3.08. The Hall–Kier alpha value is -1.66. The fourth-order valence-electron chi connectivity index (χ4n) is 4.14. The summed E-state index contributed by atoms with van der Waals surface area (Å²) in [7, 11) is -4.08. The maximum absolute atomic E-state index is 13.7. The topological polar surface area (TPSA) is 123 Å². The molecule has 2 rings (SSSR count). The molecule has 1 aliphatic rings. The van der Waals surface area contributed by atoms with Crippen molar-refractivity contribution in [1.29, 1.82) is 0 Å². The minimum Gasteiger partial charge on any atom is -0.350 e. The molecule has 36 heavy (non-hydrogen) atoms. The number of sulfone groups is 1. The van der Waals surface area contributed by atoms with Crippen molar-refractivity contribution in [3.8, 4) is 0 Å². The van der Waals surface area contributed by atoms with Gasteiger partial charge in [0.05, 0.1) is 5.92 Å². The van der Waals surface area contributed by atoms with Gasteiger partial charge in [-0.25, -0.2) is 24.2 Å². The van der Waals surface area contributed by atoms with Crippen molar-refractivity contribution in [3.05, 3.63) is 30.3 Å². The van der Waals surface area contributed by atoms with Crippen LogP contribution in [0.25, 0.3) is 0 Å². The third kappa shape index (κ3) is 8.72. The monoisotopic (exact) mass is 543 g/mol. The smallest absolute Gasteiger partial charge is 0.256 e. The highest BCUT2D eigenvalue weighted by molar-refractivity contribution is 7.99. The first kappa shape index (κ1) is 30.6. The van der Waals surface area contributed by atoms with Crippen LogP contribution in [0, 0.1) is 17.8 Å². The van der Waals surface area contributed by atoms with Gasteiger partial charge < -0.3 is 4.74 Å². The summed E-state index contributed by atoms with van der Waals surface area (Å²) in [6.07, 6.45) is 2.82. The molecular formula is C25H41N3O6S2. The van der Waals surface area contributed by atoms with E-state index in [9.17, 15) is 18.0 Å². The Bertz CT molecular complexity index is 936. The van der Waals surface area contributed by atoms with Gasteiger partial charge in [-0.05, 0) is 43.2 Å². The van der Waals surface area contributed by atoms with Gasteiger partial charge in [0.25, 0.3) is 5.91 Å². The van der Waals surface area contributed by atoms with E-state index in [-0.39, 0.29) is 24.0 Å². The zero-order chi connectivity index (χ0) is 26.8. The van der Waals surface area contributed by atoms with E-state index in [1.807, 2.05) is 58.0 Å². The number of hydroxylamine groups is 1. The van der Waals surface area contributed by atoms with Crippen LogP contribution in [0.3, 0.4) is 0 Å². The molecule has 1 saturated heterocycles. The molecular weight excluding hydrogens is 502 g/mol. The summed E-state index contributed by atoms with van der Waals surface area (Å²) in [5.74, 6) is -2.55. The van der Waals surface area contributed by atoms with Crippen molar-refractivity contribution < 1.29 is 27.6 Å². The third-order valence-corrected chi connectivity index (χ3v) is 9.00. The lowest BCUT2D eigenvalue weighted by Crippen LogP contribution is -2.64. The average molecular weight is 544 g/mol. The van der Waals surface area contributed by atoms with E-state index >= 15 is 0 Å². The van der Waals surface area contributed by atoms with E-state index < -0.39 is 38.6 Å². The molecule has 0 saturated carbocycles. The van der Waals surface area contributed by atoms with Gasteiger partial charge in [-0.1, -0.05) is 45.9 Å². The number of rotatable bonds is 14. The molecule has 11 heteroatoms. The molecule has 3 N–H and O–H groups in total. The summed E-state index contributed by atoms with van der Waals surface area (Å²) in [5, 5.41) is 0. The molecule has 204 valence electrons. The van der Waals surface area contributed by atoms with Crippen LogP contribution in [0.1, 0.15) is 53.4 Å². The number of thioether (sulfide) groups is 1. The first-order chi connectivity index (χ1) is 17.0. The minimum absolute atomic E-state index is 0.0333. The molecule has 0 radical (unpaired) electrons. The van der Waals surface area contributed by atoms with Crippen LogP contribution in [0.4, 0.5) is 0 Å². The Morgan fingerprint density at radius 3 is 2.39 bits per heavy atom. The Morgan fingerprint density at radius 2 is 1.83 bits per heavy atom. The van der Waals surface area contributed by atoms with Crippen LogP contribution in [0.5, 0.6) is 0 Å². The molecule has 1 fully saturated rings. The van der Waals surface area contributed by atoms with Gasteiger partial charge in [0.15, 0.2) is 20.9 Å². The highest BCUT2D eigenvalue weighted by Crippen LogP contribution is 2.38. The van der Waals surface area contributed by atoms with E-state index in [1.54, 1.807) is 0 Å². The molecule has 0 bridgehead atoms. The van der Waals surface area contributed by atoms with Gasteiger partial charge in [-0.15, -0.1) is 11.8 Å². The standard InChI is InChI=1S/C25H41N3O6S2/c1-18(2)15-25(36(5,31)32,24(30)27-26-16-19(3)4)21(17-35-20-11-7-6-8-12-20)23(29)28-34-22-13-9-10-14-33-22/h6-8,11-12,18-19,21-22,26H,9-10,13-17H2,1-5H3,(H,27,30)(H,28,29)/t21-,22?,25-/m1/s1. The van der Waals surface area contributed by atoms with Crippen molar-refractivity contribution in [1.82, 2.24) is 16.3 Å². The number of benzene rings is 1. The second-order valence-corrected chi connectivity index (χ2v) is 13.4. The molecule has 2 amide bonds. The molecule has 1 heterocycles. The molecule has 0 aromatic heterocycles. The van der Waals surface area contributed by atoms with Crippen LogP contribution in [-0.4, -0.2) is 56.4 Å². The van der Waals surface area contributed by atoms with Gasteiger partial charge in [0, 0.05) is 36.5 Å². The molecule has 0 aliphatic carbocycles. The van der Waals surface area contributed by atoms with Crippen molar-refractivity contribution >= 4 is 33.4 Å². The van der Waals surface area contributed by atoms with E-state index in [0.717, 1.165) is 24.0 Å². The summed E-state index contributed by atoms with van der Waals surface area (Å²) < 4.78 is 30.4. The number of ether oxygens (including phenoxy) is 1. The Labute approximate surface area is 219 Å². The number of carbonyl (C=O) groups is 2. The summed E-state index contributed by atoms with van der Waals surface area (Å²) in [6.45, 7) is 8.58. The van der Waals surface area contributed by atoms with E-state index in [1.165, 1.54) is 11.8 Å². The van der Waals surface area contributed by atoms with Crippen molar-refractivity contribution in [2.24, 2.45) is 17.8 Å². The minimum atomic E-state index is -4.08. The van der Waals surface area contributed by atoms with Crippen LogP contribution >= 0.6 is 11.8 Å². The third-order valence-electron chi connectivity index (χ3n) is 5.94. The molecule has 0 spiro atoms. The molecule has 1 aromatic carbocycles. The first-order valence-electron chi connectivity index (χ1n) is 12.4. The fourth-order valence-corrected chi connectivity index (χ4v) is 7.12. The summed E-state index contributed by atoms with van der Waals surface area (Å²) >= 11 is 1.32. The quantitative estimate of drug-likeness (QED) is 0.242.